The van der Waals surface area contributed by atoms with E-state index in [1.165, 1.54) is 36.4 Å². The van der Waals surface area contributed by atoms with E-state index >= 15 is 0 Å². The molecule has 0 saturated carbocycles. The fourth-order valence-electron chi connectivity index (χ4n) is 2.70. The van der Waals surface area contributed by atoms with Crippen LogP contribution in [0.2, 0.25) is 0 Å². The minimum Gasteiger partial charge on any atom is -0.224 e. The van der Waals surface area contributed by atoms with Gasteiger partial charge >= 0.3 is 6.18 Å². The molecule has 0 fully saturated rings. The fraction of sp³-hybridized carbons (Fsp3) is 0.412. The molecular weight excluding hydrogens is 361 g/mol. The van der Waals surface area contributed by atoms with Crippen molar-refractivity contribution in [3.8, 4) is 0 Å². The average Bonchev–Trinajstić information content (AvgIpc) is 2.45. The van der Waals surface area contributed by atoms with E-state index in [-0.39, 0.29) is 16.6 Å². The summed E-state index contributed by atoms with van der Waals surface area (Å²) in [6, 6.07) is 5.52. The van der Waals surface area contributed by atoms with Crippen molar-refractivity contribution in [2.45, 2.75) is 36.2 Å². The zero-order valence-electron chi connectivity index (χ0n) is 13.2. The third-order valence-electron chi connectivity index (χ3n) is 3.70. The van der Waals surface area contributed by atoms with Crippen LogP contribution in [0, 0.1) is 5.92 Å². The summed E-state index contributed by atoms with van der Waals surface area (Å²) in [4.78, 5) is 0.106. The van der Waals surface area contributed by atoms with Gasteiger partial charge in [0.1, 0.15) is 0 Å². The minimum absolute atomic E-state index is 0.00958. The lowest BCUT2D eigenvalue weighted by Gasteiger charge is -2.27. The maximum Gasteiger partial charge on any atom is 0.413 e. The number of halogens is 4. The molecule has 1 aliphatic rings. The molecule has 1 aromatic rings. The molecule has 0 N–H and O–H groups in total. The highest BCUT2D eigenvalue weighted by Crippen LogP contribution is 2.43. The number of rotatable bonds is 4. The summed E-state index contributed by atoms with van der Waals surface area (Å²) in [5.41, 5.74) is -0.394. The fourth-order valence-corrected chi connectivity index (χ4v) is 4.69. The summed E-state index contributed by atoms with van der Waals surface area (Å²) >= 11 is 6.07. The van der Waals surface area contributed by atoms with Crippen molar-refractivity contribution in [1.82, 2.24) is 0 Å². The summed E-state index contributed by atoms with van der Waals surface area (Å²) in [7, 11) is -3.45. The lowest BCUT2D eigenvalue weighted by molar-refractivity contribution is -0.0959. The van der Waals surface area contributed by atoms with E-state index in [1.807, 2.05) is 0 Å². The molecule has 1 aromatic carbocycles. The van der Waals surface area contributed by atoms with Gasteiger partial charge in [-0.2, -0.15) is 13.2 Å². The molecule has 0 spiro atoms. The molecule has 0 bridgehead atoms. The molecule has 0 aliphatic heterocycles. The molecule has 0 heterocycles. The van der Waals surface area contributed by atoms with Crippen LogP contribution in [0.15, 0.2) is 53.0 Å². The number of benzene rings is 1. The first-order valence-electron chi connectivity index (χ1n) is 7.44. The van der Waals surface area contributed by atoms with Gasteiger partial charge in [0.25, 0.3) is 0 Å². The van der Waals surface area contributed by atoms with E-state index in [2.05, 4.69) is 0 Å². The topological polar surface area (TPSA) is 34.1 Å². The van der Waals surface area contributed by atoms with Crippen LogP contribution < -0.4 is 0 Å². The number of allylic oxidation sites excluding steroid dienone is 4. The Morgan fingerprint density at radius 1 is 1.17 bits per heavy atom. The van der Waals surface area contributed by atoms with Crippen LogP contribution in [-0.2, 0) is 9.84 Å². The van der Waals surface area contributed by atoms with Gasteiger partial charge < -0.3 is 0 Å². The third kappa shape index (κ3) is 4.22. The lowest BCUT2D eigenvalue weighted by atomic mass is 9.84. The van der Waals surface area contributed by atoms with Crippen LogP contribution in [0.4, 0.5) is 13.2 Å². The van der Waals surface area contributed by atoms with Gasteiger partial charge in [-0.05, 0) is 23.6 Å². The van der Waals surface area contributed by atoms with Gasteiger partial charge in [-0.1, -0.05) is 44.2 Å². The molecule has 7 heteroatoms. The van der Waals surface area contributed by atoms with E-state index in [1.54, 1.807) is 13.8 Å². The SMILES string of the molecule is CC(C)CS(=O)(=O)c1ccc(C2C(C(F)(F)F)=CC=CC2Cl)cc1. The predicted octanol–water partition coefficient (Wildman–Crippen LogP) is 4.87. The molecule has 2 atom stereocenters. The molecular formula is C17H18ClF3O2S. The van der Waals surface area contributed by atoms with E-state index in [4.69, 9.17) is 11.6 Å². The van der Waals surface area contributed by atoms with Crippen molar-refractivity contribution < 1.29 is 21.6 Å². The molecule has 0 radical (unpaired) electrons. The molecule has 2 rings (SSSR count). The Morgan fingerprint density at radius 3 is 2.25 bits per heavy atom. The van der Waals surface area contributed by atoms with Crippen LogP contribution in [0.25, 0.3) is 0 Å². The Kier molecular flexibility index (Phi) is 5.50. The zero-order chi connectivity index (χ0) is 18.1. The number of hydrogen-bond acceptors (Lipinski definition) is 2. The normalized spacial score (nSPS) is 21.9. The van der Waals surface area contributed by atoms with Gasteiger partial charge in [0, 0.05) is 11.5 Å². The van der Waals surface area contributed by atoms with Gasteiger partial charge in [-0.3, -0.25) is 0 Å². The van der Waals surface area contributed by atoms with Crippen molar-refractivity contribution in [3.05, 3.63) is 53.6 Å². The van der Waals surface area contributed by atoms with E-state index in [9.17, 15) is 21.6 Å². The number of sulfone groups is 1. The minimum atomic E-state index is -4.50. The molecule has 2 nitrogen and oxygen atoms in total. The number of hydrogen-bond donors (Lipinski definition) is 0. The first kappa shape index (κ1) is 19.1. The van der Waals surface area contributed by atoms with Crippen LogP contribution in [-0.4, -0.2) is 25.7 Å². The van der Waals surface area contributed by atoms with Crippen LogP contribution in [0.3, 0.4) is 0 Å². The Labute approximate surface area is 144 Å². The number of alkyl halides is 4. The highest BCUT2D eigenvalue weighted by Gasteiger charge is 2.42. The Hall–Kier alpha value is -1.27. The molecule has 132 valence electrons. The lowest BCUT2D eigenvalue weighted by Crippen LogP contribution is -2.26. The molecule has 0 aromatic heterocycles. The second kappa shape index (κ2) is 6.92. The monoisotopic (exact) mass is 378 g/mol. The molecule has 1 aliphatic carbocycles. The van der Waals surface area contributed by atoms with E-state index < -0.39 is 32.9 Å². The quantitative estimate of drug-likeness (QED) is 0.701. The highest BCUT2D eigenvalue weighted by molar-refractivity contribution is 7.91. The van der Waals surface area contributed by atoms with Gasteiger partial charge in [-0.25, -0.2) is 8.42 Å². The first-order valence-corrected chi connectivity index (χ1v) is 9.53. The van der Waals surface area contributed by atoms with Crippen molar-refractivity contribution in [2.75, 3.05) is 5.75 Å². The van der Waals surface area contributed by atoms with Crippen molar-refractivity contribution >= 4 is 21.4 Å². The van der Waals surface area contributed by atoms with E-state index in [0.717, 1.165) is 6.08 Å². The largest absolute Gasteiger partial charge is 0.413 e. The van der Waals surface area contributed by atoms with E-state index in [0.29, 0.717) is 5.56 Å². The van der Waals surface area contributed by atoms with Crippen LogP contribution in [0.1, 0.15) is 25.3 Å². The Bertz CT molecular complexity index is 747. The molecule has 0 amide bonds. The van der Waals surface area contributed by atoms with Crippen LogP contribution in [0.5, 0.6) is 0 Å². The second-order valence-electron chi connectivity index (χ2n) is 6.17. The summed E-state index contributed by atoms with van der Waals surface area (Å²) in [6.45, 7) is 3.58. The summed E-state index contributed by atoms with van der Waals surface area (Å²) in [6.07, 6.45) is -0.707. The van der Waals surface area contributed by atoms with Crippen molar-refractivity contribution in [2.24, 2.45) is 5.92 Å². The molecule has 0 saturated heterocycles. The van der Waals surface area contributed by atoms with Crippen LogP contribution >= 0.6 is 11.6 Å². The average molecular weight is 379 g/mol. The van der Waals surface area contributed by atoms with Gasteiger partial charge in [0.15, 0.2) is 9.84 Å². The first-order chi connectivity index (χ1) is 11.0. The summed E-state index contributed by atoms with van der Waals surface area (Å²) < 4.78 is 64.0. The Balaban J connectivity index is 2.36. The van der Waals surface area contributed by atoms with Gasteiger partial charge in [-0.15, -0.1) is 11.6 Å². The third-order valence-corrected chi connectivity index (χ3v) is 6.20. The maximum absolute atomic E-state index is 13.2. The second-order valence-corrected chi connectivity index (χ2v) is 8.71. The summed E-state index contributed by atoms with van der Waals surface area (Å²) in [5, 5.41) is -0.843. The van der Waals surface area contributed by atoms with Gasteiger partial charge in [0.05, 0.1) is 16.0 Å². The molecule has 24 heavy (non-hydrogen) atoms. The zero-order valence-corrected chi connectivity index (χ0v) is 14.8. The van der Waals surface area contributed by atoms with Crippen molar-refractivity contribution in [3.63, 3.8) is 0 Å². The smallest absolute Gasteiger partial charge is 0.224 e. The predicted molar refractivity (Wildman–Crippen MR) is 89.0 cm³/mol. The van der Waals surface area contributed by atoms with Gasteiger partial charge in [0.2, 0.25) is 0 Å². The molecule has 2 unspecified atom stereocenters. The van der Waals surface area contributed by atoms with Crippen molar-refractivity contribution in [1.29, 1.82) is 0 Å². The highest BCUT2D eigenvalue weighted by atomic mass is 35.5. The standard InChI is InChI=1S/C17H18ClF3O2S/c1-11(2)10-24(22,23)13-8-6-12(7-9-13)16-14(17(19,20)21)4-3-5-15(16)18/h3-9,11,15-16H,10H2,1-2H3. The summed E-state index contributed by atoms with van der Waals surface area (Å²) in [5.74, 6) is -1.10. The maximum atomic E-state index is 13.2. The Morgan fingerprint density at radius 2 is 1.75 bits per heavy atom.